The molecule has 0 aliphatic carbocycles. The Morgan fingerprint density at radius 2 is 1.90 bits per heavy atom. The molecular weight excluding hydrogens is 614 g/mol. The van der Waals surface area contributed by atoms with Crippen LogP contribution in [-0.4, -0.2) is 66.9 Å². The molecule has 4 N–H and O–H groups in total. The molecule has 0 spiro atoms. The van der Waals surface area contributed by atoms with E-state index in [2.05, 4.69) is 69.0 Å². The van der Waals surface area contributed by atoms with E-state index in [9.17, 15) is 4.79 Å². The highest BCUT2D eigenvalue weighted by atomic mass is 16.5. The van der Waals surface area contributed by atoms with E-state index in [4.69, 9.17) is 15.6 Å². The first-order valence-corrected chi connectivity index (χ1v) is 16.9. The van der Waals surface area contributed by atoms with Crippen LogP contribution in [0.25, 0.3) is 38.4 Å². The van der Waals surface area contributed by atoms with Gasteiger partial charge in [-0.3, -0.25) is 9.48 Å². The van der Waals surface area contributed by atoms with E-state index in [0.717, 1.165) is 81.4 Å². The molecule has 9 rings (SSSR count). The van der Waals surface area contributed by atoms with Crippen molar-refractivity contribution in [1.29, 1.82) is 0 Å². The number of nitrogens with two attached hydrogens (primary N) is 1. The molecule has 11 nitrogen and oxygen atoms in total. The lowest BCUT2D eigenvalue weighted by Crippen LogP contribution is -2.46. The molecule has 0 radical (unpaired) electrons. The summed E-state index contributed by atoms with van der Waals surface area (Å²) in [6, 6.07) is 24.6. The van der Waals surface area contributed by atoms with Crippen LogP contribution in [0.5, 0.6) is 5.75 Å². The minimum atomic E-state index is -0.391. The number of amides is 1. The van der Waals surface area contributed by atoms with Gasteiger partial charge < -0.3 is 25.7 Å². The van der Waals surface area contributed by atoms with Gasteiger partial charge in [0, 0.05) is 65.0 Å². The minimum Gasteiger partial charge on any atom is -0.497 e. The van der Waals surface area contributed by atoms with Crippen molar-refractivity contribution in [2.24, 2.45) is 0 Å². The van der Waals surface area contributed by atoms with E-state index in [1.165, 1.54) is 17.5 Å². The Balaban J connectivity index is 0.969. The third-order valence-corrected chi connectivity index (χ3v) is 10.3. The lowest BCUT2D eigenvalue weighted by Gasteiger charge is -2.35. The second-order valence-electron chi connectivity index (χ2n) is 13.1. The third-order valence-electron chi connectivity index (χ3n) is 10.3. The zero-order valence-corrected chi connectivity index (χ0v) is 27.3. The van der Waals surface area contributed by atoms with Crippen molar-refractivity contribution in [3.63, 3.8) is 0 Å². The molecule has 1 unspecified atom stereocenters. The quantitative estimate of drug-likeness (QED) is 0.218. The van der Waals surface area contributed by atoms with E-state index in [0.29, 0.717) is 25.5 Å². The summed E-state index contributed by atoms with van der Waals surface area (Å²) in [6.07, 6.45) is 6.12. The van der Waals surface area contributed by atoms with Crippen molar-refractivity contribution >= 4 is 39.0 Å². The van der Waals surface area contributed by atoms with Crippen LogP contribution in [-0.2, 0) is 17.8 Å². The SMILES string of the molecule is COc1ccc2[nH]c3c(c2c1)CCNC3C(=O)N1CCC(c2cc(-c3ccc4cn(Cc5ccccc5)nc4c3)c3c(N)ncnn23)CC1. The summed E-state index contributed by atoms with van der Waals surface area (Å²) in [5.74, 6) is 1.59. The van der Waals surface area contributed by atoms with Crippen molar-refractivity contribution in [3.8, 4) is 16.9 Å². The number of hydrogen-bond acceptors (Lipinski definition) is 7. The summed E-state index contributed by atoms with van der Waals surface area (Å²) in [7, 11) is 1.68. The zero-order valence-electron chi connectivity index (χ0n) is 27.3. The van der Waals surface area contributed by atoms with E-state index >= 15 is 0 Å². The number of H-pyrrole nitrogens is 1. The molecule has 0 bridgehead atoms. The van der Waals surface area contributed by atoms with Crippen LogP contribution in [0.3, 0.4) is 0 Å². The van der Waals surface area contributed by atoms with Gasteiger partial charge in [-0.1, -0.05) is 42.5 Å². The second kappa shape index (κ2) is 11.8. The largest absolute Gasteiger partial charge is 0.497 e. The highest BCUT2D eigenvalue weighted by Crippen LogP contribution is 2.39. The number of hydrogen-bond donors (Lipinski definition) is 3. The fraction of sp³-hybridized carbons (Fsp3) is 0.263. The number of benzene rings is 3. The van der Waals surface area contributed by atoms with Gasteiger partial charge in [0.2, 0.25) is 5.91 Å². The molecule has 2 aliphatic heterocycles. The summed E-state index contributed by atoms with van der Waals surface area (Å²) in [6.45, 7) is 2.79. The molecule has 4 aromatic heterocycles. The van der Waals surface area contributed by atoms with Gasteiger partial charge in [0.15, 0.2) is 5.82 Å². The average molecular weight is 652 g/mol. The number of carbonyl (C=O) groups excluding carboxylic acids is 1. The highest BCUT2D eigenvalue weighted by Gasteiger charge is 2.35. The topological polar surface area (TPSA) is 131 Å². The number of nitrogen functional groups attached to an aromatic ring is 1. The number of likely N-dealkylation sites (tertiary alicyclic amines) is 1. The lowest BCUT2D eigenvalue weighted by atomic mass is 9.91. The number of piperidine rings is 1. The fourth-order valence-corrected chi connectivity index (χ4v) is 7.81. The van der Waals surface area contributed by atoms with Gasteiger partial charge in [-0.05, 0) is 66.3 Å². The van der Waals surface area contributed by atoms with Gasteiger partial charge in [-0.2, -0.15) is 10.2 Å². The maximum absolute atomic E-state index is 14.0. The number of anilines is 1. The van der Waals surface area contributed by atoms with Crippen LogP contribution >= 0.6 is 0 Å². The van der Waals surface area contributed by atoms with Crippen molar-refractivity contribution < 1.29 is 9.53 Å². The molecule has 246 valence electrons. The van der Waals surface area contributed by atoms with Gasteiger partial charge in [0.25, 0.3) is 0 Å². The van der Waals surface area contributed by atoms with Crippen LogP contribution in [0.1, 0.15) is 47.3 Å². The lowest BCUT2D eigenvalue weighted by molar-refractivity contribution is -0.135. The van der Waals surface area contributed by atoms with E-state index in [-0.39, 0.29) is 11.8 Å². The molecule has 11 heteroatoms. The maximum Gasteiger partial charge on any atom is 0.245 e. The van der Waals surface area contributed by atoms with Gasteiger partial charge >= 0.3 is 0 Å². The fourth-order valence-electron chi connectivity index (χ4n) is 7.81. The number of methoxy groups -OCH3 is 1. The van der Waals surface area contributed by atoms with Crippen molar-refractivity contribution in [1.82, 2.24) is 39.6 Å². The number of aromatic nitrogens is 6. The molecule has 6 heterocycles. The van der Waals surface area contributed by atoms with Crippen LogP contribution < -0.4 is 15.8 Å². The standard InChI is InChI=1S/C38H37N9O2/c1-49-27-9-10-31-30(18-27)28-11-14-40-35(34(28)43-31)38(48)45-15-12-24(13-16-45)33-19-29(36-37(39)41-22-42-47(33)36)25-7-8-26-21-46(44-32(26)17-25)20-23-5-3-2-4-6-23/h2-10,17-19,21-22,24,35,40,43H,11-16,20H2,1H3,(H2,39,41,42). The van der Waals surface area contributed by atoms with Crippen molar-refractivity contribution in [2.75, 3.05) is 32.5 Å². The summed E-state index contributed by atoms with van der Waals surface area (Å²) in [5.41, 5.74) is 15.7. The zero-order chi connectivity index (χ0) is 33.1. The van der Waals surface area contributed by atoms with E-state index < -0.39 is 6.04 Å². The minimum absolute atomic E-state index is 0.116. The number of aromatic amines is 1. The number of nitrogens with zero attached hydrogens (tertiary/aromatic N) is 6. The molecule has 0 saturated carbocycles. The first-order chi connectivity index (χ1) is 24.0. The molecule has 1 atom stereocenters. The van der Waals surface area contributed by atoms with Crippen LogP contribution in [0.15, 0.2) is 85.3 Å². The predicted octanol–water partition coefficient (Wildman–Crippen LogP) is 5.46. The summed E-state index contributed by atoms with van der Waals surface area (Å²) in [4.78, 5) is 23.9. The van der Waals surface area contributed by atoms with Crippen molar-refractivity contribution in [3.05, 3.63) is 108 Å². The normalized spacial score (nSPS) is 16.8. The maximum atomic E-state index is 14.0. The Kier molecular flexibility index (Phi) is 7.08. The molecule has 49 heavy (non-hydrogen) atoms. The Morgan fingerprint density at radius 3 is 2.73 bits per heavy atom. The molecule has 7 aromatic rings. The van der Waals surface area contributed by atoms with Crippen LogP contribution in [0, 0.1) is 0 Å². The van der Waals surface area contributed by atoms with Gasteiger partial charge in [0.05, 0.1) is 19.2 Å². The number of nitrogens with one attached hydrogen (secondary N) is 2. The molecule has 1 saturated heterocycles. The number of carbonyl (C=O) groups is 1. The average Bonchev–Trinajstić information content (AvgIpc) is 3.85. The Bertz CT molecular complexity index is 2350. The molecular formula is C38H37N9O2. The Morgan fingerprint density at radius 1 is 1.04 bits per heavy atom. The summed E-state index contributed by atoms with van der Waals surface area (Å²) in [5, 5.41) is 15.2. The molecule has 3 aromatic carbocycles. The number of fused-ring (bicyclic) bond motifs is 5. The predicted molar refractivity (Wildman–Crippen MR) is 190 cm³/mol. The van der Waals surface area contributed by atoms with E-state index in [1.807, 2.05) is 44.4 Å². The van der Waals surface area contributed by atoms with Crippen molar-refractivity contribution in [2.45, 2.75) is 37.8 Å². The number of rotatable bonds is 6. The van der Waals surface area contributed by atoms with Gasteiger partial charge in [0.1, 0.15) is 23.6 Å². The molecule has 1 fully saturated rings. The Labute approximate surface area is 282 Å². The monoisotopic (exact) mass is 651 g/mol. The Hall–Kier alpha value is -5.68. The van der Waals surface area contributed by atoms with E-state index in [1.54, 1.807) is 7.11 Å². The summed E-state index contributed by atoms with van der Waals surface area (Å²) >= 11 is 0. The highest BCUT2D eigenvalue weighted by molar-refractivity contribution is 5.93. The molecule has 1 amide bonds. The first-order valence-electron chi connectivity index (χ1n) is 16.9. The van der Waals surface area contributed by atoms with Gasteiger partial charge in [-0.15, -0.1) is 0 Å². The third kappa shape index (κ3) is 5.08. The smallest absolute Gasteiger partial charge is 0.245 e. The van der Waals surface area contributed by atoms with Crippen LogP contribution in [0.2, 0.25) is 0 Å². The van der Waals surface area contributed by atoms with Gasteiger partial charge in [-0.25, -0.2) is 9.50 Å². The van der Waals surface area contributed by atoms with Crippen LogP contribution in [0.4, 0.5) is 5.82 Å². The molecule has 2 aliphatic rings. The second-order valence-corrected chi connectivity index (χ2v) is 13.1. The first kappa shape index (κ1) is 29.5. The summed E-state index contributed by atoms with van der Waals surface area (Å²) < 4.78 is 9.40. The number of ether oxygens (including phenoxy) is 1.